The molecule has 0 aliphatic heterocycles. The molecule has 2 aromatic rings. The van der Waals surface area contributed by atoms with Gasteiger partial charge in [-0.2, -0.15) is 0 Å². The second kappa shape index (κ2) is 9.62. The quantitative estimate of drug-likeness (QED) is 0.462. The summed E-state index contributed by atoms with van der Waals surface area (Å²) in [5.41, 5.74) is 1.07. The Labute approximate surface area is 193 Å². The molecule has 3 rings (SSSR count). The van der Waals surface area contributed by atoms with Crippen LogP contribution in [0.25, 0.3) is 11.1 Å². The number of ether oxygens (including phenoxy) is 1. The Hall–Kier alpha value is -3.39. The number of carbonyl (C=O) groups excluding carboxylic acids is 2. The van der Waals surface area contributed by atoms with Crippen molar-refractivity contribution in [1.82, 2.24) is 10.6 Å². The zero-order valence-corrected chi connectivity index (χ0v) is 19.1. The van der Waals surface area contributed by atoms with E-state index in [4.69, 9.17) is 4.74 Å². The van der Waals surface area contributed by atoms with Crippen molar-refractivity contribution in [2.45, 2.75) is 50.6 Å². The molecule has 0 fully saturated rings. The second-order valence-corrected chi connectivity index (χ2v) is 8.78. The topological polar surface area (TPSA) is 125 Å². The summed E-state index contributed by atoms with van der Waals surface area (Å²) in [4.78, 5) is 37.1. The average Bonchev–Trinajstić information content (AvgIpc) is 3.11. The molecule has 2 unspecified atom stereocenters. The Morgan fingerprint density at radius 3 is 1.97 bits per heavy atom. The van der Waals surface area contributed by atoms with Crippen LogP contribution < -0.4 is 10.6 Å². The average molecular weight is 455 g/mol. The van der Waals surface area contributed by atoms with Gasteiger partial charge in [0, 0.05) is 5.92 Å². The fourth-order valence-electron chi connectivity index (χ4n) is 4.14. The van der Waals surface area contributed by atoms with Crippen molar-refractivity contribution in [1.29, 1.82) is 0 Å². The molecule has 2 atom stereocenters. The number of carboxylic acids is 1. The number of nitrogens with one attached hydrogen (secondary N) is 2. The molecule has 0 spiro atoms. The van der Waals surface area contributed by atoms with Crippen molar-refractivity contribution in [3.8, 4) is 11.1 Å². The molecule has 33 heavy (non-hydrogen) atoms. The van der Waals surface area contributed by atoms with E-state index < -0.39 is 35.7 Å². The van der Waals surface area contributed by atoms with Crippen molar-refractivity contribution in [2.75, 3.05) is 13.2 Å². The first-order chi connectivity index (χ1) is 15.6. The fourth-order valence-corrected chi connectivity index (χ4v) is 4.14. The van der Waals surface area contributed by atoms with Crippen LogP contribution in [0.5, 0.6) is 0 Å². The van der Waals surface area contributed by atoms with Crippen LogP contribution in [0.1, 0.15) is 50.7 Å². The molecule has 0 radical (unpaired) electrons. The van der Waals surface area contributed by atoms with E-state index in [9.17, 15) is 24.6 Å². The summed E-state index contributed by atoms with van der Waals surface area (Å²) in [7, 11) is 0. The third kappa shape index (κ3) is 4.85. The maximum absolute atomic E-state index is 12.9. The first kappa shape index (κ1) is 24.3. The van der Waals surface area contributed by atoms with E-state index in [1.807, 2.05) is 55.5 Å². The number of hydrogen-bond acceptors (Lipinski definition) is 5. The number of aliphatic carboxylic acids is 1. The first-order valence-electron chi connectivity index (χ1n) is 10.9. The van der Waals surface area contributed by atoms with Crippen LogP contribution in [0, 0.1) is 0 Å². The third-order valence-electron chi connectivity index (χ3n) is 6.15. The highest BCUT2D eigenvalue weighted by atomic mass is 16.5. The monoisotopic (exact) mass is 454 g/mol. The largest absolute Gasteiger partial charge is 0.479 e. The van der Waals surface area contributed by atoms with Gasteiger partial charge in [-0.25, -0.2) is 9.59 Å². The molecule has 0 saturated heterocycles. The molecule has 0 saturated carbocycles. The van der Waals surface area contributed by atoms with Crippen LogP contribution in [0.2, 0.25) is 0 Å². The number of carboxylic acid groups (broad SMARTS) is 1. The van der Waals surface area contributed by atoms with E-state index in [0.29, 0.717) is 6.42 Å². The summed E-state index contributed by atoms with van der Waals surface area (Å²) in [6, 6.07) is 15.9. The Balaban J connectivity index is 1.72. The lowest BCUT2D eigenvalue weighted by molar-refractivity contribution is -0.149. The number of hydrogen-bond donors (Lipinski definition) is 4. The van der Waals surface area contributed by atoms with E-state index in [-0.39, 0.29) is 18.9 Å². The summed E-state index contributed by atoms with van der Waals surface area (Å²) in [5, 5.41) is 23.7. The molecule has 0 heterocycles. The van der Waals surface area contributed by atoms with Crippen LogP contribution in [0.15, 0.2) is 48.5 Å². The third-order valence-corrected chi connectivity index (χ3v) is 6.15. The fraction of sp³-hybridized carbons (Fsp3) is 0.400. The number of aliphatic hydroxyl groups is 1. The number of fused-ring (bicyclic) bond motifs is 3. The Morgan fingerprint density at radius 1 is 0.939 bits per heavy atom. The molecule has 2 aromatic carbocycles. The van der Waals surface area contributed by atoms with Crippen molar-refractivity contribution < 1.29 is 29.3 Å². The minimum absolute atomic E-state index is 0.0904. The van der Waals surface area contributed by atoms with Gasteiger partial charge in [0.25, 0.3) is 0 Å². The minimum atomic E-state index is -1.87. The van der Waals surface area contributed by atoms with Gasteiger partial charge in [-0.3, -0.25) is 4.79 Å². The number of amides is 2. The van der Waals surface area contributed by atoms with Crippen molar-refractivity contribution >= 4 is 18.0 Å². The van der Waals surface area contributed by atoms with Gasteiger partial charge >= 0.3 is 12.1 Å². The van der Waals surface area contributed by atoms with Crippen molar-refractivity contribution in [3.05, 3.63) is 59.7 Å². The molecule has 0 bridgehead atoms. The summed E-state index contributed by atoms with van der Waals surface area (Å²) < 4.78 is 5.54. The van der Waals surface area contributed by atoms with Crippen LogP contribution in [-0.4, -0.2) is 52.5 Å². The molecule has 0 aromatic heterocycles. The first-order valence-corrected chi connectivity index (χ1v) is 10.9. The van der Waals surface area contributed by atoms with Gasteiger partial charge in [0.05, 0.1) is 6.61 Å². The van der Waals surface area contributed by atoms with E-state index in [1.54, 1.807) is 0 Å². The normalized spacial score (nSPS) is 16.0. The SMILES string of the molecule is CCCC(C)(NC(=O)OCC1c2ccccc2-c2ccccc21)C(=O)NC(C)(CO)C(=O)O. The molecule has 8 nitrogen and oxygen atoms in total. The smallest absolute Gasteiger partial charge is 0.408 e. The van der Waals surface area contributed by atoms with Crippen LogP contribution in [-0.2, 0) is 14.3 Å². The number of rotatable bonds is 9. The Kier molecular flexibility index (Phi) is 7.07. The van der Waals surface area contributed by atoms with Crippen LogP contribution >= 0.6 is 0 Å². The van der Waals surface area contributed by atoms with Gasteiger partial charge in [-0.1, -0.05) is 61.9 Å². The van der Waals surface area contributed by atoms with Crippen molar-refractivity contribution in [3.63, 3.8) is 0 Å². The number of carbonyl (C=O) groups is 3. The van der Waals surface area contributed by atoms with Gasteiger partial charge in [-0.15, -0.1) is 0 Å². The molecule has 8 heteroatoms. The lowest BCUT2D eigenvalue weighted by Crippen LogP contribution is -2.64. The maximum Gasteiger partial charge on any atom is 0.408 e. The Morgan fingerprint density at radius 2 is 1.48 bits per heavy atom. The van der Waals surface area contributed by atoms with Crippen LogP contribution in [0.3, 0.4) is 0 Å². The predicted octanol–water partition coefficient (Wildman–Crippen LogP) is 3.04. The summed E-state index contributed by atoms with van der Waals surface area (Å²) in [6.07, 6.45) is 0.0321. The lowest BCUT2D eigenvalue weighted by atomic mass is 9.93. The highest BCUT2D eigenvalue weighted by molar-refractivity contribution is 5.94. The molecule has 2 amide bonds. The highest BCUT2D eigenvalue weighted by Crippen LogP contribution is 2.44. The highest BCUT2D eigenvalue weighted by Gasteiger charge is 2.42. The molecule has 176 valence electrons. The Bertz CT molecular complexity index is 1010. The van der Waals surface area contributed by atoms with Gasteiger partial charge in [0.2, 0.25) is 5.91 Å². The molecule has 4 N–H and O–H groups in total. The van der Waals surface area contributed by atoms with E-state index in [2.05, 4.69) is 10.6 Å². The maximum atomic E-state index is 12.9. The molecular formula is C25H30N2O6. The van der Waals surface area contributed by atoms with Crippen molar-refractivity contribution in [2.24, 2.45) is 0 Å². The van der Waals surface area contributed by atoms with Crippen LogP contribution in [0.4, 0.5) is 4.79 Å². The summed E-state index contributed by atoms with van der Waals surface area (Å²) in [5.74, 6) is -2.21. The molecular weight excluding hydrogens is 424 g/mol. The second-order valence-electron chi connectivity index (χ2n) is 8.78. The molecule has 1 aliphatic carbocycles. The predicted molar refractivity (Wildman–Crippen MR) is 123 cm³/mol. The lowest BCUT2D eigenvalue weighted by Gasteiger charge is -2.33. The van der Waals surface area contributed by atoms with Gasteiger partial charge < -0.3 is 25.6 Å². The summed E-state index contributed by atoms with van der Waals surface area (Å²) in [6.45, 7) is 3.85. The van der Waals surface area contributed by atoms with Gasteiger partial charge in [-0.05, 0) is 42.5 Å². The van der Waals surface area contributed by atoms with Gasteiger partial charge in [0.15, 0.2) is 5.54 Å². The zero-order valence-electron chi connectivity index (χ0n) is 19.1. The standard InChI is InChI=1S/C25H30N2O6/c1-4-13-24(2,21(29)26-25(3,15-28)22(30)31)27-23(32)33-14-20-18-11-7-5-9-16(18)17-10-6-8-12-19(17)20/h5-12,20,28H,4,13-15H2,1-3H3,(H,26,29)(H,27,32)(H,30,31). The van der Waals surface area contributed by atoms with E-state index in [1.165, 1.54) is 13.8 Å². The molecule has 1 aliphatic rings. The summed E-state index contributed by atoms with van der Waals surface area (Å²) >= 11 is 0. The minimum Gasteiger partial charge on any atom is -0.479 e. The van der Waals surface area contributed by atoms with Gasteiger partial charge in [0.1, 0.15) is 12.1 Å². The number of alkyl carbamates (subject to hydrolysis) is 1. The van der Waals surface area contributed by atoms with E-state index in [0.717, 1.165) is 22.3 Å². The zero-order chi connectivity index (χ0) is 24.2. The number of benzene rings is 2. The number of aliphatic hydroxyl groups excluding tert-OH is 1. The van der Waals surface area contributed by atoms with E-state index >= 15 is 0 Å².